The number of aliphatic hydroxyl groups excluding tert-OH is 2. The third-order valence-corrected chi connectivity index (χ3v) is 10.3. The molecule has 11 heteroatoms. The van der Waals surface area contributed by atoms with E-state index in [1.54, 1.807) is 0 Å². The average Bonchev–Trinajstić information content (AvgIpc) is 3.22. The molecular weight excluding hydrogens is 767 g/mol. The van der Waals surface area contributed by atoms with Gasteiger partial charge in [0.25, 0.3) is 0 Å². The number of hydrogen-bond acceptors (Lipinski definition) is 9. The van der Waals surface area contributed by atoms with Crippen molar-refractivity contribution in [3.05, 3.63) is 72.9 Å². The smallest absolute Gasteiger partial charge is 0.462 e. The van der Waals surface area contributed by atoms with Crippen molar-refractivity contribution in [2.45, 2.75) is 193 Å². The fraction of sp³-hybridized carbons (Fsp3) is 0.708. The van der Waals surface area contributed by atoms with Gasteiger partial charge < -0.3 is 24.6 Å². The van der Waals surface area contributed by atoms with Crippen LogP contribution < -0.4 is 0 Å². The Morgan fingerprint density at radius 2 is 0.881 bits per heavy atom. The summed E-state index contributed by atoms with van der Waals surface area (Å²) < 4.78 is 32.7. The van der Waals surface area contributed by atoms with Gasteiger partial charge in [0.05, 0.1) is 19.8 Å². The molecule has 0 aromatic rings. The summed E-state index contributed by atoms with van der Waals surface area (Å²) in [5, 5.41) is 18.4. The van der Waals surface area contributed by atoms with Gasteiger partial charge in [-0.1, -0.05) is 151 Å². The second-order valence-electron chi connectivity index (χ2n) is 15.1. The maximum Gasteiger partial charge on any atom is 0.472 e. The van der Waals surface area contributed by atoms with Crippen LogP contribution in [0.5, 0.6) is 0 Å². The standard InChI is InChI=1S/C48H83O10P/c1-3-5-7-9-11-13-15-17-19-21-22-24-25-27-29-31-33-35-37-39-47(51)55-43-46(44-57-59(53,54)56-42-45(50)41-49)58-48(52)40-38-36-34-32-30-28-26-23-20-18-16-14-12-10-8-6-4-2/h11-14,17-20,22,24,27,29,45-46,49-50H,3-10,15-16,21,23,25-26,28,30-44H2,1-2H3,(H,53,54)/b13-11-,14-12-,19-17-,20-18-,24-22-,29-27-/t45-,46+/m0/s1. The molecule has 1 unspecified atom stereocenters. The maximum atomic E-state index is 12.6. The second kappa shape index (κ2) is 43.5. The van der Waals surface area contributed by atoms with E-state index in [1.165, 1.54) is 64.2 Å². The molecule has 0 aromatic heterocycles. The quantitative estimate of drug-likeness (QED) is 0.0234. The third kappa shape index (κ3) is 43.3. The van der Waals surface area contributed by atoms with Crippen LogP contribution in [-0.2, 0) is 32.7 Å². The molecule has 3 N–H and O–H groups in total. The van der Waals surface area contributed by atoms with E-state index < -0.39 is 51.8 Å². The van der Waals surface area contributed by atoms with Crippen molar-refractivity contribution >= 4 is 19.8 Å². The van der Waals surface area contributed by atoms with Crippen LogP contribution in [0.3, 0.4) is 0 Å². The number of unbranched alkanes of at least 4 members (excludes halogenated alkanes) is 16. The van der Waals surface area contributed by atoms with Crippen molar-refractivity contribution in [1.29, 1.82) is 0 Å². The van der Waals surface area contributed by atoms with Crippen molar-refractivity contribution < 1.29 is 47.8 Å². The summed E-state index contributed by atoms with van der Waals surface area (Å²) in [6, 6.07) is 0. The van der Waals surface area contributed by atoms with Crippen molar-refractivity contribution in [3.63, 3.8) is 0 Å². The summed E-state index contributed by atoms with van der Waals surface area (Å²) in [5.41, 5.74) is 0. The van der Waals surface area contributed by atoms with Crippen LogP contribution in [0.4, 0.5) is 0 Å². The van der Waals surface area contributed by atoms with E-state index >= 15 is 0 Å². The van der Waals surface area contributed by atoms with Gasteiger partial charge in [0.2, 0.25) is 0 Å². The topological polar surface area (TPSA) is 149 Å². The molecule has 3 atom stereocenters. The molecule has 0 saturated carbocycles. The van der Waals surface area contributed by atoms with Gasteiger partial charge >= 0.3 is 19.8 Å². The number of allylic oxidation sites excluding steroid dienone is 12. The lowest BCUT2D eigenvalue weighted by Crippen LogP contribution is -2.29. The predicted molar refractivity (Wildman–Crippen MR) is 242 cm³/mol. The van der Waals surface area contributed by atoms with Gasteiger partial charge in [0.15, 0.2) is 6.10 Å². The average molecular weight is 851 g/mol. The number of phosphoric acid groups is 1. The minimum absolute atomic E-state index is 0.164. The lowest BCUT2D eigenvalue weighted by molar-refractivity contribution is -0.161. The Morgan fingerprint density at radius 1 is 0.508 bits per heavy atom. The molecule has 0 bridgehead atoms. The number of rotatable bonds is 42. The first-order chi connectivity index (χ1) is 28.7. The number of ether oxygens (including phenoxy) is 2. The SMILES string of the molecule is CCCCC/C=C\C/C=C\C/C=C\C/C=C\CCCCCC(=O)OC[C@H](COP(=O)(O)OC[C@@H](O)CO)OC(=O)CCCCCCCCC/C=C\C/C=C\CCCCC. The molecule has 0 spiro atoms. The highest BCUT2D eigenvalue weighted by molar-refractivity contribution is 7.47. The summed E-state index contributed by atoms with van der Waals surface area (Å²) in [4.78, 5) is 35.0. The van der Waals surface area contributed by atoms with E-state index in [1.807, 2.05) is 0 Å². The molecule has 0 rings (SSSR count). The van der Waals surface area contributed by atoms with Gasteiger partial charge in [-0.3, -0.25) is 18.6 Å². The van der Waals surface area contributed by atoms with Gasteiger partial charge in [-0.05, 0) is 89.9 Å². The van der Waals surface area contributed by atoms with Crippen LogP contribution >= 0.6 is 7.82 Å². The molecule has 59 heavy (non-hydrogen) atoms. The highest BCUT2D eigenvalue weighted by Gasteiger charge is 2.27. The number of phosphoric ester groups is 1. The Hall–Kier alpha value is -2.59. The highest BCUT2D eigenvalue weighted by Crippen LogP contribution is 2.43. The summed E-state index contributed by atoms with van der Waals surface area (Å²) >= 11 is 0. The molecule has 0 heterocycles. The van der Waals surface area contributed by atoms with Crippen LogP contribution in [-0.4, -0.2) is 65.7 Å². The van der Waals surface area contributed by atoms with Crippen LogP contribution in [0.1, 0.15) is 181 Å². The predicted octanol–water partition coefficient (Wildman–Crippen LogP) is 12.4. The zero-order chi connectivity index (χ0) is 43.3. The first-order valence-electron chi connectivity index (χ1n) is 22.9. The van der Waals surface area contributed by atoms with Crippen LogP contribution in [0.25, 0.3) is 0 Å². The lowest BCUT2D eigenvalue weighted by atomic mass is 10.1. The van der Waals surface area contributed by atoms with Crippen molar-refractivity contribution in [3.8, 4) is 0 Å². The van der Waals surface area contributed by atoms with Gasteiger partial charge in [0, 0.05) is 12.8 Å². The van der Waals surface area contributed by atoms with Crippen molar-refractivity contribution in [1.82, 2.24) is 0 Å². The number of esters is 2. The minimum Gasteiger partial charge on any atom is -0.462 e. The normalized spacial score (nSPS) is 14.5. The minimum atomic E-state index is -4.63. The maximum absolute atomic E-state index is 12.6. The highest BCUT2D eigenvalue weighted by atomic mass is 31.2. The summed E-state index contributed by atoms with van der Waals surface area (Å²) in [5.74, 6) is -0.974. The van der Waals surface area contributed by atoms with Gasteiger partial charge in [-0.2, -0.15) is 0 Å². The summed E-state index contributed by atoms with van der Waals surface area (Å²) in [6.45, 7) is 2.28. The van der Waals surface area contributed by atoms with Crippen molar-refractivity contribution in [2.75, 3.05) is 26.4 Å². The van der Waals surface area contributed by atoms with E-state index in [-0.39, 0.29) is 19.4 Å². The van der Waals surface area contributed by atoms with E-state index in [0.29, 0.717) is 12.8 Å². The fourth-order valence-corrected chi connectivity index (χ4v) is 6.56. The van der Waals surface area contributed by atoms with Crippen LogP contribution in [0.2, 0.25) is 0 Å². The molecule has 0 fully saturated rings. The molecular formula is C48H83O10P. The van der Waals surface area contributed by atoms with E-state index in [9.17, 15) is 24.2 Å². The third-order valence-electron chi connectivity index (χ3n) is 9.33. The first-order valence-corrected chi connectivity index (χ1v) is 24.4. The molecule has 340 valence electrons. The van der Waals surface area contributed by atoms with E-state index in [0.717, 1.165) is 77.0 Å². The fourth-order valence-electron chi connectivity index (χ4n) is 5.77. The molecule has 10 nitrogen and oxygen atoms in total. The molecule has 0 saturated heterocycles. The van der Waals surface area contributed by atoms with E-state index in [4.69, 9.17) is 23.6 Å². The van der Waals surface area contributed by atoms with Gasteiger partial charge in [-0.15, -0.1) is 0 Å². The number of aliphatic hydroxyl groups is 2. The number of carbonyl (C=O) groups is 2. The molecule has 0 aliphatic rings. The second-order valence-corrected chi connectivity index (χ2v) is 16.5. The van der Waals surface area contributed by atoms with Gasteiger partial charge in [-0.25, -0.2) is 4.57 Å². The lowest BCUT2D eigenvalue weighted by Gasteiger charge is -2.20. The van der Waals surface area contributed by atoms with Crippen LogP contribution in [0.15, 0.2) is 72.9 Å². The molecule has 0 aliphatic carbocycles. The molecule has 0 aliphatic heterocycles. The van der Waals surface area contributed by atoms with E-state index in [2.05, 4.69) is 86.8 Å². The molecule has 0 radical (unpaired) electrons. The largest absolute Gasteiger partial charge is 0.472 e. The number of hydrogen-bond donors (Lipinski definition) is 3. The summed E-state index contributed by atoms with van der Waals surface area (Å²) in [7, 11) is -4.63. The Morgan fingerprint density at radius 3 is 1.34 bits per heavy atom. The Kier molecular flexibility index (Phi) is 41.6. The Balaban J connectivity index is 4.35. The zero-order valence-corrected chi connectivity index (χ0v) is 37.8. The van der Waals surface area contributed by atoms with Gasteiger partial charge in [0.1, 0.15) is 12.7 Å². The first kappa shape index (κ1) is 56.4. The monoisotopic (exact) mass is 851 g/mol. The van der Waals surface area contributed by atoms with Crippen LogP contribution in [0, 0.1) is 0 Å². The molecule has 0 amide bonds. The number of carbonyl (C=O) groups excluding carboxylic acids is 2. The van der Waals surface area contributed by atoms with Crippen molar-refractivity contribution in [2.24, 2.45) is 0 Å². The zero-order valence-electron chi connectivity index (χ0n) is 36.9. The molecule has 0 aromatic carbocycles. The Bertz CT molecular complexity index is 1210. The summed E-state index contributed by atoms with van der Waals surface area (Å²) in [6.07, 6.45) is 50.0. The Labute approximate surface area is 358 Å².